The quantitative estimate of drug-likeness (QED) is 0.917. The third-order valence-electron chi connectivity index (χ3n) is 2.93. The highest BCUT2D eigenvalue weighted by molar-refractivity contribution is 9.10. The molecule has 0 amide bonds. The summed E-state index contributed by atoms with van der Waals surface area (Å²) >= 11 is 3.43. The zero-order valence-corrected chi connectivity index (χ0v) is 11.2. The SMILES string of the molecule is CC1CCC(CNCc2ccc(Br)cc2)O1. The van der Waals surface area contributed by atoms with Gasteiger partial charge in [-0.15, -0.1) is 0 Å². The van der Waals surface area contributed by atoms with Crippen LogP contribution >= 0.6 is 15.9 Å². The average molecular weight is 284 g/mol. The van der Waals surface area contributed by atoms with E-state index in [0.29, 0.717) is 12.2 Å². The fourth-order valence-corrected chi connectivity index (χ4v) is 2.28. The minimum Gasteiger partial charge on any atom is -0.374 e. The molecule has 1 aromatic rings. The van der Waals surface area contributed by atoms with Gasteiger partial charge in [0.05, 0.1) is 12.2 Å². The van der Waals surface area contributed by atoms with Gasteiger partial charge in [0.1, 0.15) is 0 Å². The Morgan fingerprint density at radius 2 is 2.06 bits per heavy atom. The molecule has 1 saturated heterocycles. The minimum absolute atomic E-state index is 0.408. The van der Waals surface area contributed by atoms with Crippen LogP contribution in [0, 0.1) is 0 Å². The molecule has 0 saturated carbocycles. The third-order valence-corrected chi connectivity index (χ3v) is 3.46. The van der Waals surface area contributed by atoms with Crippen LogP contribution in [0.4, 0.5) is 0 Å². The van der Waals surface area contributed by atoms with Crippen LogP contribution in [0.15, 0.2) is 28.7 Å². The molecule has 1 aromatic carbocycles. The van der Waals surface area contributed by atoms with Crippen molar-refractivity contribution in [2.75, 3.05) is 6.54 Å². The molecule has 2 nitrogen and oxygen atoms in total. The Balaban J connectivity index is 1.70. The largest absolute Gasteiger partial charge is 0.374 e. The molecular formula is C13H18BrNO. The van der Waals surface area contributed by atoms with Gasteiger partial charge in [-0.1, -0.05) is 28.1 Å². The smallest absolute Gasteiger partial charge is 0.0704 e. The summed E-state index contributed by atoms with van der Waals surface area (Å²) < 4.78 is 6.88. The van der Waals surface area contributed by atoms with E-state index in [0.717, 1.165) is 17.6 Å². The molecule has 0 aromatic heterocycles. The summed E-state index contributed by atoms with van der Waals surface area (Å²) in [6.45, 7) is 4.02. The van der Waals surface area contributed by atoms with Gasteiger partial charge >= 0.3 is 0 Å². The predicted molar refractivity (Wildman–Crippen MR) is 69.4 cm³/mol. The number of nitrogens with one attached hydrogen (secondary N) is 1. The van der Waals surface area contributed by atoms with Crippen molar-refractivity contribution < 1.29 is 4.74 Å². The predicted octanol–water partition coefficient (Wildman–Crippen LogP) is 3.11. The van der Waals surface area contributed by atoms with Crippen LogP contribution in [0.1, 0.15) is 25.3 Å². The Morgan fingerprint density at radius 1 is 1.31 bits per heavy atom. The van der Waals surface area contributed by atoms with Crippen molar-refractivity contribution >= 4 is 15.9 Å². The van der Waals surface area contributed by atoms with Gasteiger partial charge in [-0.05, 0) is 37.5 Å². The Kier molecular flexibility index (Phi) is 4.38. The monoisotopic (exact) mass is 283 g/mol. The average Bonchev–Trinajstić information content (AvgIpc) is 2.67. The molecule has 1 N–H and O–H groups in total. The molecule has 0 aliphatic carbocycles. The van der Waals surface area contributed by atoms with Gasteiger partial charge in [0.2, 0.25) is 0 Å². The first-order valence-electron chi connectivity index (χ1n) is 5.84. The van der Waals surface area contributed by atoms with Gasteiger partial charge < -0.3 is 10.1 Å². The molecule has 1 heterocycles. The Labute approximate surface area is 106 Å². The van der Waals surface area contributed by atoms with Crippen molar-refractivity contribution in [1.29, 1.82) is 0 Å². The number of benzene rings is 1. The maximum Gasteiger partial charge on any atom is 0.0704 e. The minimum atomic E-state index is 0.408. The van der Waals surface area contributed by atoms with E-state index in [9.17, 15) is 0 Å². The fourth-order valence-electron chi connectivity index (χ4n) is 2.02. The van der Waals surface area contributed by atoms with Crippen LogP contribution < -0.4 is 5.32 Å². The number of halogens is 1. The Hall–Kier alpha value is -0.380. The second kappa shape index (κ2) is 5.80. The maximum atomic E-state index is 5.75. The number of hydrogen-bond donors (Lipinski definition) is 1. The van der Waals surface area contributed by atoms with Crippen LogP contribution in [0.3, 0.4) is 0 Å². The van der Waals surface area contributed by atoms with Crippen LogP contribution in [-0.2, 0) is 11.3 Å². The second-order valence-corrected chi connectivity index (χ2v) is 5.32. The summed E-state index contributed by atoms with van der Waals surface area (Å²) in [4.78, 5) is 0. The van der Waals surface area contributed by atoms with Gasteiger partial charge in [0, 0.05) is 17.6 Å². The van der Waals surface area contributed by atoms with Crippen molar-refractivity contribution in [1.82, 2.24) is 5.32 Å². The normalized spacial score (nSPS) is 24.9. The van der Waals surface area contributed by atoms with E-state index in [2.05, 4.69) is 52.4 Å². The highest BCUT2D eigenvalue weighted by atomic mass is 79.9. The molecule has 0 radical (unpaired) electrons. The summed E-state index contributed by atoms with van der Waals surface area (Å²) in [5, 5.41) is 3.44. The van der Waals surface area contributed by atoms with Crippen molar-refractivity contribution in [2.24, 2.45) is 0 Å². The molecule has 0 spiro atoms. The van der Waals surface area contributed by atoms with Crippen molar-refractivity contribution in [3.63, 3.8) is 0 Å². The first-order chi connectivity index (χ1) is 7.74. The second-order valence-electron chi connectivity index (χ2n) is 4.40. The molecule has 88 valence electrons. The van der Waals surface area contributed by atoms with Gasteiger partial charge in [-0.2, -0.15) is 0 Å². The molecule has 2 rings (SSSR count). The summed E-state index contributed by atoms with van der Waals surface area (Å²) in [5.41, 5.74) is 1.31. The molecule has 0 bridgehead atoms. The lowest BCUT2D eigenvalue weighted by molar-refractivity contribution is 0.0559. The number of ether oxygens (including phenoxy) is 1. The van der Waals surface area contributed by atoms with E-state index in [-0.39, 0.29) is 0 Å². The standard InChI is InChI=1S/C13H18BrNO/c1-10-2-7-13(16-10)9-15-8-11-3-5-12(14)6-4-11/h3-6,10,13,15H,2,7-9H2,1H3. The van der Waals surface area contributed by atoms with E-state index in [1.54, 1.807) is 0 Å². The molecule has 1 fully saturated rings. The van der Waals surface area contributed by atoms with E-state index in [1.165, 1.54) is 18.4 Å². The van der Waals surface area contributed by atoms with E-state index in [4.69, 9.17) is 4.74 Å². The zero-order valence-electron chi connectivity index (χ0n) is 9.58. The summed E-state index contributed by atoms with van der Waals surface area (Å²) in [6.07, 6.45) is 3.24. The van der Waals surface area contributed by atoms with Crippen LogP contribution in [0.5, 0.6) is 0 Å². The summed E-state index contributed by atoms with van der Waals surface area (Å²) in [6, 6.07) is 8.42. The first-order valence-corrected chi connectivity index (χ1v) is 6.64. The fraction of sp³-hybridized carbons (Fsp3) is 0.538. The summed E-state index contributed by atoms with van der Waals surface area (Å²) in [5.74, 6) is 0. The lowest BCUT2D eigenvalue weighted by Gasteiger charge is -2.12. The van der Waals surface area contributed by atoms with Gasteiger partial charge in [0.25, 0.3) is 0 Å². The van der Waals surface area contributed by atoms with Crippen LogP contribution in [0.2, 0.25) is 0 Å². The van der Waals surface area contributed by atoms with Gasteiger partial charge in [-0.3, -0.25) is 0 Å². The lowest BCUT2D eigenvalue weighted by atomic mass is 10.2. The molecule has 1 aliphatic rings. The highest BCUT2D eigenvalue weighted by Gasteiger charge is 2.20. The molecule has 16 heavy (non-hydrogen) atoms. The van der Waals surface area contributed by atoms with E-state index < -0.39 is 0 Å². The molecule has 3 heteroatoms. The third kappa shape index (κ3) is 3.58. The van der Waals surface area contributed by atoms with E-state index in [1.807, 2.05) is 0 Å². The van der Waals surface area contributed by atoms with Crippen LogP contribution in [0.25, 0.3) is 0 Å². The van der Waals surface area contributed by atoms with Crippen molar-refractivity contribution in [3.05, 3.63) is 34.3 Å². The topological polar surface area (TPSA) is 21.3 Å². The lowest BCUT2D eigenvalue weighted by Crippen LogP contribution is -2.26. The van der Waals surface area contributed by atoms with Gasteiger partial charge in [-0.25, -0.2) is 0 Å². The Bertz CT molecular complexity index is 325. The molecule has 2 unspecified atom stereocenters. The molecular weight excluding hydrogens is 266 g/mol. The Morgan fingerprint density at radius 3 is 2.69 bits per heavy atom. The van der Waals surface area contributed by atoms with Crippen LogP contribution in [-0.4, -0.2) is 18.8 Å². The first kappa shape index (κ1) is 12.1. The van der Waals surface area contributed by atoms with Crippen molar-refractivity contribution in [2.45, 2.75) is 38.5 Å². The molecule has 2 atom stereocenters. The summed E-state index contributed by atoms with van der Waals surface area (Å²) in [7, 11) is 0. The zero-order chi connectivity index (χ0) is 11.4. The number of hydrogen-bond acceptors (Lipinski definition) is 2. The number of rotatable bonds is 4. The molecule has 1 aliphatic heterocycles. The van der Waals surface area contributed by atoms with E-state index >= 15 is 0 Å². The highest BCUT2D eigenvalue weighted by Crippen LogP contribution is 2.18. The van der Waals surface area contributed by atoms with Crippen molar-refractivity contribution in [3.8, 4) is 0 Å². The van der Waals surface area contributed by atoms with Gasteiger partial charge in [0.15, 0.2) is 0 Å². The maximum absolute atomic E-state index is 5.75.